The molecule has 94 valence electrons. The number of anilines is 2. The molecule has 0 aromatic carbocycles. The van der Waals surface area contributed by atoms with E-state index in [-0.39, 0.29) is 12.0 Å². The minimum absolute atomic E-state index is 0.224. The summed E-state index contributed by atoms with van der Waals surface area (Å²) in [5, 5.41) is 0. The second-order valence-corrected chi connectivity index (χ2v) is 4.21. The summed E-state index contributed by atoms with van der Waals surface area (Å²) < 4.78 is 5.32. The normalized spacial score (nSPS) is 19.9. The van der Waals surface area contributed by atoms with Crippen LogP contribution in [0.2, 0.25) is 0 Å². The smallest absolute Gasteiger partial charge is 0.222 e. The van der Waals surface area contributed by atoms with Gasteiger partial charge in [-0.2, -0.15) is 4.98 Å². The first-order valence-electron chi connectivity index (χ1n) is 5.90. The van der Waals surface area contributed by atoms with E-state index in [2.05, 4.69) is 14.9 Å². The lowest BCUT2D eigenvalue weighted by atomic mass is 10.3. The first-order valence-corrected chi connectivity index (χ1v) is 5.90. The molecule has 4 N–H and O–H groups in total. The van der Waals surface area contributed by atoms with Crippen molar-refractivity contribution in [1.82, 2.24) is 9.97 Å². The molecule has 0 radical (unpaired) electrons. The van der Waals surface area contributed by atoms with Crippen molar-refractivity contribution < 1.29 is 4.74 Å². The maximum atomic E-state index is 5.88. The molecule has 0 spiro atoms. The molecular formula is C11H19N5O. The van der Waals surface area contributed by atoms with Crippen LogP contribution < -0.4 is 16.4 Å². The van der Waals surface area contributed by atoms with Gasteiger partial charge in [0.05, 0.1) is 12.3 Å². The van der Waals surface area contributed by atoms with E-state index in [1.54, 1.807) is 0 Å². The Balaban J connectivity index is 2.13. The van der Waals surface area contributed by atoms with Gasteiger partial charge < -0.3 is 21.1 Å². The van der Waals surface area contributed by atoms with E-state index in [1.165, 1.54) is 0 Å². The highest BCUT2D eigenvalue weighted by atomic mass is 16.5. The van der Waals surface area contributed by atoms with Gasteiger partial charge in [0.15, 0.2) is 0 Å². The zero-order chi connectivity index (χ0) is 12.3. The average molecular weight is 237 g/mol. The van der Waals surface area contributed by atoms with Crippen LogP contribution in [-0.4, -0.2) is 35.7 Å². The van der Waals surface area contributed by atoms with E-state index in [9.17, 15) is 0 Å². The standard InChI is InChI=1S/C11H19N5O/c1-2-17-7-9-5-10(15-11(13)14-9)16-4-3-8(12)6-16/h5,8H,2-4,6-7,12H2,1H3,(H2,13,14,15)/t8-/m1/s1. The second-order valence-electron chi connectivity index (χ2n) is 4.21. The van der Waals surface area contributed by atoms with Gasteiger partial charge in [0.25, 0.3) is 0 Å². The fourth-order valence-corrected chi connectivity index (χ4v) is 1.94. The Morgan fingerprint density at radius 2 is 2.35 bits per heavy atom. The van der Waals surface area contributed by atoms with Crippen LogP contribution in [0.5, 0.6) is 0 Å². The largest absolute Gasteiger partial charge is 0.375 e. The Morgan fingerprint density at radius 3 is 3.00 bits per heavy atom. The van der Waals surface area contributed by atoms with Crippen LogP contribution in [-0.2, 0) is 11.3 Å². The number of rotatable bonds is 4. The van der Waals surface area contributed by atoms with Crippen molar-refractivity contribution in [2.24, 2.45) is 5.73 Å². The molecule has 1 aromatic heterocycles. The molecule has 17 heavy (non-hydrogen) atoms. The lowest BCUT2D eigenvalue weighted by molar-refractivity contribution is 0.131. The zero-order valence-electron chi connectivity index (χ0n) is 10.1. The highest BCUT2D eigenvalue weighted by Crippen LogP contribution is 2.19. The summed E-state index contributed by atoms with van der Waals surface area (Å²) in [6, 6.07) is 2.14. The highest BCUT2D eigenvalue weighted by molar-refractivity contribution is 5.44. The predicted octanol–water partition coefficient (Wildman–Crippen LogP) is 0.133. The van der Waals surface area contributed by atoms with E-state index in [4.69, 9.17) is 16.2 Å². The van der Waals surface area contributed by atoms with Crippen molar-refractivity contribution in [3.05, 3.63) is 11.8 Å². The molecule has 1 aromatic rings. The first kappa shape index (κ1) is 12.1. The van der Waals surface area contributed by atoms with Gasteiger partial charge in [-0.25, -0.2) is 4.98 Å². The zero-order valence-corrected chi connectivity index (χ0v) is 10.1. The summed E-state index contributed by atoms with van der Waals surface area (Å²) in [5.74, 6) is 1.14. The topological polar surface area (TPSA) is 90.3 Å². The summed E-state index contributed by atoms with van der Waals surface area (Å²) in [6.07, 6.45) is 0.991. The Labute approximate surface area is 101 Å². The van der Waals surface area contributed by atoms with E-state index >= 15 is 0 Å². The maximum absolute atomic E-state index is 5.88. The van der Waals surface area contributed by atoms with Gasteiger partial charge in [-0.3, -0.25) is 0 Å². The van der Waals surface area contributed by atoms with Gasteiger partial charge in [-0.05, 0) is 13.3 Å². The van der Waals surface area contributed by atoms with Crippen LogP contribution >= 0.6 is 0 Å². The molecule has 2 rings (SSSR count). The average Bonchev–Trinajstić information content (AvgIpc) is 2.72. The van der Waals surface area contributed by atoms with Crippen molar-refractivity contribution in [2.75, 3.05) is 30.3 Å². The van der Waals surface area contributed by atoms with E-state index < -0.39 is 0 Å². The van der Waals surface area contributed by atoms with Crippen molar-refractivity contribution in [2.45, 2.75) is 26.0 Å². The Morgan fingerprint density at radius 1 is 1.53 bits per heavy atom. The molecule has 1 aliphatic rings. The fraction of sp³-hybridized carbons (Fsp3) is 0.636. The minimum atomic E-state index is 0.224. The van der Waals surface area contributed by atoms with Crippen molar-refractivity contribution in [3.63, 3.8) is 0 Å². The van der Waals surface area contributed by atoms with Gasteiger partial charge in [0.1, 0.15) is 5.82 Å². The molecule has 0 amide bonds. The van der Waals surface area contributed by atoms with Gasteiger partial charge in [-0.1, -0.05) is 0 Å². The number of aromatic nitrogens is 2. The van der Waals surface area contributed by atoms with Crippen molar-refractivity contribution >= 4 is 11.8 Å². The van der Waals surface area contributed by atoms with Gasteiger partial charge >= 0.3 is 0 Å². The van der Waals surface area contributed by atoms with Gasteiger partial charge in [0.2, 0.25) is 5.95 Å². The molecule has 2 heterocycles. The lowest BCUT2D eigenvalue weighted by Crippen LogP contribution is -2.27. The highest BCUT2D eigenvalue weighted by Gasteiger charge is 2.21. The number of nitrogens with zero attached hydrogens (tertiary/aromatic N) is 3. The molecule has 6 heteroatoms. The third-order valence-electron chi connectivity index (χ3n) is 2.79. The molecule has 1 aliphatic heterocycles. The van der Waals surface area contributed by atoms with E-state index in [1.807, 2.05) is 13.0 Å². The van der Waals surface area contributed by atoms with Crippen LogP contribution in [0, 0.1) is 0 Å². The van der Waals surface area contributed by atoms with Crippen LogP contribution in [0.1, 0.15) is 19.0 Å². The number of hydrogen-bond donors (Lipinski definition) is 2. The summed E-state index contributed by atoms with van der Waals surface area (Å²) in [4.78, 5) is 10.5. The Bertz CT molecular complexity index is 384. The van der Waals surface area contributed by atoms with Crippen molar-refractivity contribution in [1.29, 1.82) is 0 Å². The van der Waals surface area contributed by atoms with Crippen LogP contribution in [0.4, 0.5) is 11.8 Å². The molecular weight excluding hydrogens is 218 g/mol. The first-order chi connectivity index (χ1) is 8.19. The molecule has 1 fully saturated rings. The molecule has 0 bridgehead atoms. The van der Waals surface area contributed by atoms with E-state index in [0.717, 1.165) is 31.0 Å². The molecule has 6 nitrogen and oxygen atoms in total. The summed E-state index contributed by atoms with van der Waals surface area (Å²) in [5.41, 5.74) is 12.4. The molecule has 0 saturated carbocycles. The number of nitrogens with two attached hydrogens (primary N) is 2. The third kappa shape index (κ3) is 3.04. The third-order valence-corrected chi connectivity index (χ3v) is 2.79. The minimum Gasteiger partial charge on any atom is -0.375 e. The number of ether oxygens (including phenoxy) is 1. The number of nitrogen functional groups attached to an aromatic ring is 1. The second kappa shape index (κ2) is 5.29. The monoisotopic (exact) mass is 237 g/mol. The lowest BCUT2D eigenvalue weighted by Gasteiger charge is -2.17. The molecule has 1 atom stereocenters. The van der Waals surface area contributed by atoms with Gasteiger partial charge in [0, 0.05) is 31.8 Å². The number of hydrogen-bond acceptors (Lipinski definition) is 6. The molecule has 1 saturated heterocycles. The fourth-order valence-electron chi connectivity index (χ4n) is 1.94. The Kier molecular flexibility index (Phi) is 3.75. The summed E-state index contributed by atoms with van der Waals surface area (Å²) >= 11 is 0. The SMILES string of the molecule is CCOCc1cc(N2CC[C@@H](N)C2)nc(N)n1. The Hall–Kier alpha value is -1.40. The van der Waals surface area contributed by atoms with Crippen LogP contribution in [0.25, 0.3) is 0 Å². The van der Waals surface area contributed by atoms with Gasteiger partial charge in [-0.15, -0.1) is 0 Å². The van der Waals surface area contributed by atoms with E-state index in [0.29, 0.717) is 13.2 Å². The maximum Gasteiger partial charge on any atom is 0.222 e. The van der Waals surface area contributed by atoms with Crippen molar-refractivity contribution in [3.8, 4) is 0 Å². The van der Waals surface area contributed by atoms with Crippen LogP contribution in [0.15, 0.2) is 6.07 Å². The summed E-state index contributed by atoms with van der Waals surface area (Å²) in [7, 11) is 0. The molecule has 0 unspecified atom stereocenters. The van der Waals surface area contributed by atoms with Crippen LogP contribution in [0.3, 0.4) is 0 Å². The predicted molar refractivity (Wildman–Crippen MR) is 66.6 cm³/mol. The molecule has 0 aliphatic carbocycles. The summed E-state index contributed by atoms with van der Waals surface area (Å²) in [6.45, 7) is 4.82. The quantitative estimate of drug-likeness (QED) is 0.773.